The van der Waals surface area contributed by atoms with Crippen molar-refractivity contribution in [1.29, 1.82) is 0 Å². The van der Waals surface area contributed by atoms with Gasteiger partial charge in [-0.1, -0.05) is 19.4 Å². The standard InChI is InChI=1S/C15H15F3N4O2S.C7H15N/c1-25(23,24)22-12-6-9(15(16,17)18)4-5-10(12)14-11(8-2-3-8)7-13(19)20-21-14;1-2-8-6-4-3-5-7-8/h4-8,22H,2-3H2,1H3,(H2,19,20);2-7H2,1H3. The van der Waals surface area contributed by atoms with E-state index in [1.54, 1.807) is 6.07 Å². The van der Waals surface area contributed by atoms with E-state index in [-0.39, 0.29) is 23.0 Å². The first kappa shape index (κ1) is 25.2. The first-order chi connectivity index (χ1) is 15.5. The Hall–Kier alpha value is -2.40. The van der Waals surface area contributed by atoms with Crippen LogP contribution in [0.15, 0.2) is 24.3 Å². The number of hydrogen-bond donors (Lipinski definition) is 2. The van der Waals surface area contributed by atoms with Gasteiger partial charge in [-0.25, -0.2) is 8.42 Å². The molecule has 1 aromatic heterocycles. The monoisotopic (exact) mass is 485 g/mol. The molecule has 11 heteroatoms. The Bertz CT molecular complexity index is 1070. The van der Waals surface area contributed by atoms with Crippen molar-refractivity contribution < 1.29 is 21.6 Å². The summed E-state index contributed by atoms with van der Waals surface area (Å²) in [5, 5.41) is 7.76. The Morgan fingerprint density at radius 2 is 1.79 bits per heavy atom. The first-order valence-corrected chi connectivity index (χ1v) is 12.9. The number of rotatable bonds is 5. The SMILES string of the molecule is CCN1CCCCC1.CS(=O)(=O)Nc1cc(C(F)(F)F)ccc1-c1nnc(N)cc1C1CC1. The quantitative estimate of drug-likeness (QED) is 0.647. The molecule has 2 aliphatic rings. The predicted molar refractivity (Wildman–Crippen MR) is 123 cm³/mol. The lowest BCUT2D eigenvalue weighted by Gasteiger charge is -2.24. The van der Waals surface area contributed by atoms with Crippen molar-refractivity contribution in [2.75, 3.05) is 36.3 Å². The summed E-state index contributed by atoms with van der Waals surface area (Å²) in [5.74, 6) is 0.399. The molecule has 33 heavy (non-hydrogen) atoms. The van der Waals surface area contributed by atoms with Crippen LogP contribution in [0.1, 0.15) is 56.1 Å². The topological polar surface area (TPSA) is 101 Å². The lowest BCUT2D eigenvalue weighted by Crippen LogP contribution is -2.29. The summed E-state index contributed by atoms with van der Waals surface area (Å²) in [6, 6.07) is 4.47. The number of alkyl halides is 3. The number of piperidine rings is 1. The van der Waals surface area contributed by atoms with Crippen molar-refractivity contribution in [3.05, 3.63) is 35.4 Å². The number of nitrogens with two attached hydrogens (primary N) is 1. The molecule has 0 bridgehead atoms. The molecule has 1 aromatic carbocycles. The van der Waals surface area contributed by atoms with Gasteiger partial charge in [-0.2, -0.15) is 13.2 Å². The molecule has 0 radical (unpaired) electrons. The van der Waals surface area contributed by atoms with Gasteiger partial charge >= 0.3 is 6.18 Å². The van der Waals surface area contributed by atoms with Crippen LogP contribution in [0, 0.1) is 0 Å². The van der Waals surface area contributed by atoms with Gasteiger partial charge < -0.3 is 10.6 Å². The van der Waals surface area contributed by atoms with E-state index in [4.69, 9.17) is 5.73 Å². The minimum Gasteiger partial charge on any atom is -0.382 e. The zero-order valence-corrected chi connectivity index (χ0v) is 19.6. The highest BCUT2D eigenvalue weighted by Crippen LogP contribution is 2.46. The Morgan fingerprint density at radius 3 is 2.30 bits per heavy atom. The molecule has 1 saturated carbocycles. The summed E-state index contributed by atoms with van der Waals surface area (Å²) in [6.45, 7) is 6.18. The number of hydrogen-bond acceptors (Lipinski definition) is 6. The molecule has 0 amide bonds. The van der Waals surface area contributed by atoms with E-state index in [1.807, 2.05) is 0 Å². The van der Waals surface area contributed by atoms with E-state index in [9.17, 15) is 21.6 Å². The number of aromatic nitrogens is 2. The van der Waals surface area contributed by atoms with Crippen molar-refractivity contribution in [2.24, 2.45) is 0 Å². The summed E-state index contributed by atoms with van der Waals surface area (Å²) in [5.41, 5.74) is 5.82. The van der Waals surface area contributed by atoms with Gasteiger partial charge in [-0.3, -0.25) is 4.72 Å². The molecule has 1 aliphatic heterocycles. The summed E-state index contributed by atoms with van der Waals surface area (Å²) >= 11 is 0. The molecule has 3 N–H and O–H groups in total. The van der Waals surface area contributed by atoms with Crippen LogP contribution in [-0.2, 0) is 16.2 Å². The van der Waals surface area contributed by atoms with E-state index in [0.29, 0.717) is 5.69 Å². The Kier molecular flexibility index (Phi) is 7.84. The van der Waals surface area contributed by atoms with E-state index in [2.05, 4.69) is 26.7 Å². The maximum atomic E-state index is 13.0. The fraction of sp³-hybridized carbons (Fsp3) is 0.545. The largest absolute Gasteiger partial charge is 0.416 e. The van der Waals surface area contributed by atoms with Crippen molar-refractivity contribution in [3.63, 3.8) is 0 Å². The highest BCUT2D eigenvalue weighted by molar-refractivity contribution is 7.92. The highest BCUT2D eigenvalue weighted by Gasteiger charge is 2.33. The van der Waals surface area contributed by atoms with Crippen LogP contribution in [0.25, 0.3) is 11.3 Å². The van der Waals surface area contributed by atoms with Gasteiger partial charge in [0, 0.05) is 5.56 Å². The maximum Gasteiger partial charge on any atom is 0.416 e. The molecule has 7 nitrogen and oxygen atoms in total. The number of sulfonamides is 1. The number of likely N-dealkylation sites (tertiary alicyclic amines) is 1. The average molecular weight is 486 g/mol. The molecule has 0 unspecified atom stereocenters. The van der Waals surface area contributed by atoms with Crippen LogP contribution in [0.5, 0.6) is 0 Å². The number of nitrogens with one attached hydrogen (secondary N) is 1. The zero-order valence-electron chi connectivity index (χ0n) is 18.8. The van der Waals surface area contributed by atoms with Gasteiger partial charge in [0.15, 0.2) is 0 Å². The molecule has 0 spiro atoms. The molecule has 2 fully saturated rings. The van der Waals surface area contributed by atoms with Crippen LogP contribution in [-0.4, -0.2) is 49.4 Å². The Balaban J connectivity index is 0.000000323. The minimum absolute atomic E-state index is 0.196. The van der Waals surface area contributed by atoms with Crippen LogP contribution < -0.4 is 10.5 Å². The fourth-order valence-electron chi connectivity index (χ4n) is 3.82. The lowest BCUT2D eigenvalue weighted by molar-refractivity contribution is -0.137. The molecular formula is C22H30F3N5O2S. The number of halogens is 3. The van der Waals surface area contributed by atoms with Crippen LogP contribution in [0.3, 0.4) is 0 Å². The second-order valence-corrected chi connectivity index (χ2v) is 10.2. The van der Waals surface area contributed by atoms with Crippen LogP contribution in [0.2, 0.25) is 0 Å². The average Bonchev–Trinajstić information content (AvgIpc) is 3.58. The van der Waals surface area contributed by atoms with Crippen molar-refractivity contribution in [1.82, 2.24) is 15.1 Å². The van der Waals surface area contributed by atoms with Crippen molar-refractivity contribution >= 4 is 21.5 Å². The Labute approximate surface area is 192 Å². The fourth-order valence-corrected chi connectivity index (χ4v) is 4.39. The van der Waals surface area contributed by atoms with Crippen molar-refractivity contribution in [3.8, 4) is 11.3 Å². The molecule has 2 aromatic rings. The molecule has 182 valence electrons. The number of nitrogens with zero attached hydrogens (tertiary/aromatic N) is 3. The van der Waals surface area contributed by atoms with Crippen molar-refractivity contribution in [2.45, 2.75) is 51.1 Å². The van der Waals surface area contributed by atoms with Gasteiger partial charge in [-0.15, -0.1) is 10.2 Å². The summed E-state index contributed by atoms with van der Waals surface area (Å²) in [4.78, 5) is 2.52. The second-order valence-electron chi connectivity index (χ2n) is 8.47. The zero-order chi connectivity index (χ0) is 24.2. The van der Waals surface area contributed by atoms with E-state index in [0.717, 1.165) is 36.8 Å². The Morgan fingerprint density at radius 1 is 1.12 bits per heavy atom. The van der Waals surface area contributed by atoms with E-state index in [1.165, 1.54) is 45.0 Å². The predicted octanol–water partition coefficient (Wildman–Crippen LogP) is 4.49. The van der Waals surface area contributed by atoms with Gasteiger partial charge in [-0.05, 0) is 75.0 Å². The van der Waals surface area contributed by atoms with E-state index < -0.39 is 21.8 Å². The summed E-state index contributed by atoms with van der Waals surface area (Å²) in [7, 11) is -3.79. The van der Waals surface area contributed by atoms with E-state index >= 15 is 0 Å². The maximum absolute atomic E-state index is 13.0. The molecule has 4 rings (SSSR count). The third kappa shape index (κ3) is 7.29. The number of anilines is 2. The molecule has 1 aliphatic carbocycles. The smallest absolute Gasteiger partial charge is 0.382 e. The molecule has 2 heterocycles. The first-order valence-electron chi connectivity index (χ1n) is 11.0. The summed E-state index contributed by atoms with van der Waals surface area (Å²) < 4.78 is 64.3. The number of nitrogen functional groups attached to an aromatic ring is 1. The van der Waals surface area contributed by atoms with Gasteiger partial charge in [0.2, 0.25) is 10.0 Å². The van der Waals surface area contributed by atoms with Crippen LogP contribution in [0.4, 0.5) is 24.7 Å². The molecule has 1 saturated heterocycles. The number of benzene rings is 1. The normalized spacial score (nSPS) is 17.2. The molecule has 0 atom stereocenters. The van der Waals surface area contributed by atoms with Gasteiger partial charge in [0.1, 0.15) is 5.82 Å². The lowest BCUT2D eigenvalue weighted by atomic mass is 10.00. The third-order valence-corrected chi connectivity index (χ3v) is 6.24. The summed E-state index contributed by atoms with van der Waals surface area (Å²) in [6.07, 6.45) is 2.39. The second kappa shape index (κ2) is 10.3. The highest BCUT2D eigenvalue weighted by atomic mass is 32.2. The minimum atomic E-state index is -4.60. The van der Waals surface area contributed by atoms with Crippen LogP contribution >= 0.6 is 0 Å². The van der Waals surface area contributed by atoms with Gasteiger partial charge in [0.05, 0.1) is 23.2 Å². The van der Waals surface area contributed by atoms with Gasteiger partial charge in [0.25, 0.3) is 0 Å². The molecular weight excluding hydrogens is 455 g/mol. The third-order valence-electron chi connectivity index (χ3n) is 5.65.